The number of fused-ring (bicyclic) bond motifs is 2. The largest absolute Gasteiger partial charge is 0.497 e. The first-order valence-corrected chi connectivity index (χ1v) is 7.43. The van der Waals surface area contributed by atoms with Crippen molar-refractivity contribution in [3.8, 4) is 5.75 Å². The molecule has 1 aromatic carbocycles. The van der Waals surface area contributed by atoms with E-state index in [0.717, 1.165) is 48.1 Å². The average molecular weight is 274 g/mol. The predicted molar refractivity (Wildman–Crippen MR) is 77.4 cm³/mol. The van der Waals surface area contributed by atoms with Crippen molar-refractivity contribution in [1.29, 1.82) is 0 Å². The first kappa shape index (κ1) is 13.6. The lowest BCUT2D eigenvalue weighted by atomic mass is 9.85. The molecule has 2 unspecified atom stereocenters. The highest BCUT2D eigenvalue weighted by Crippen LogP contribution is 2.38. The third-order valence-corrected chi connectivity index (χ3v) is 4.65. The van der Waals surface area contributed by atoms with Gasteiger partial charge < -0.3 is 9.47 Å². The number of hydrogen-bond donors (Lipinski definition) is 0. The molecule has 3 nitrogen and oxygen atoms in total. The van der Waals surface area contributed by atoms with E-state index in [2.05, 4.69) is 0 Å². The van der Waals surface area contributed by atoms with Gasteiger partial charge in [0.05, 0.1) is 19.3 Å². The van der Waals surface area contributed by atoms with Gasteiger partial charge in [-0.2, -0.15) is 0 Å². The van der Waals surface area contributed by atoms with E-state index in [1.54, 1.807) is 7.11 Å². The number of aryl methyl sites for hydroxylation is 2. The summed E-state index contributed by atoms with van der Waals surface area (Å²) in [5.74, 6) is 1.25. The molecule has 2 heterocycles. The van der Waals surface area contributed by atoms with Crippen molar-refractivity contribution in [3.05, 3.63) is 28.8 Å². The van der Waals surface area contributed by atoms with Gasteiger partial charge in [-0.15, -0.1) is 0 Å². The molecule has 3 rings (SSSR count). The van der Waals surface area contributed by atoms with Crippen LogP contribution in [0.15, 0.2) is 12.1 Å². The average Bonchev–Trinajstić information content (AvgIpc) is 2.76. The van der Waals surface area contributed by atoms with Gasteiger partial charge in [0.25, 0.3) is 0 Å². The molecule has 0 aromatic heterocycles. The van der Waals surface area contributed by atoms with Crippen molar-refractivity contribution in [2.75, 3.05) is 7.11 Å². The molecule has 3 heteroatoms. The molecule has 0 radical (unpaired) electrons. The van der Waals surface area contributed by atoms with E-state index in [4.69, 9.17) is 9.47 Å². The maximum absolute atomic E-state index is 12.9. The van der Waals surface area contributed by atoms with Crippen molar-refractivity contribution in [2.24, 2.45) is 5.92 Å². The van der Waals surface area contributed by atoms with Gasteiger partial charge in [0.15, 0.2) is 5.78 Å². The molecule has 2 atom stereocenters. The molecule has 2 saturated heterocycles. The second kappa shape index (κ2) is 5.21. The Morgan fingerprint density at radius 3 is 2.20 bits per heavy atom. The van der Waals surface area contributed by atoms with Gasteiger partial charge in [0.2, 0.25) is 0 Å². The van der Waals surface area contributed by atoms with Crippen LogP contribution < -0.4 is 4.74 Å². The van der Waals surface area contributed by atoms with Gasteiger partial charge in [-0.3, -0.25) is 4.79 Å². The molecule has 0 N–H and O–H groups in total. The minimum atomic E-state index is 0.132. The number of benzene rings is 1. The van der Waals surface area contributed by atoms with Gasteiger partial charge >= 0.3 is 0 Å². The Bertz CT molecular complexity index is 500. The Morgan fingerprint density at radius 1 is 1.15 bits per heavy atom. The zero-order valence-electron chi connectivity index (χ0n) is 12.4. The first-order valence-electron chi connectivity index (χ1n) is 7.43. The van der Waals surface area contributed by atoms with E-state index in [0.29, 0.717) is 18.0 Å². The summed E-state index contributed by atoms with van der Waals surface area (Å²) in [6.45, 7) is 3.99. The summed E-state index contributed by atoms with van der Waals surface area (Å²) in [7, 11) is 1.66. The monoisotopic (exact) mass is 274 g/mol. The summed E-state index contributed by atoms with van der Waals surface area (Å²) in [6.07, 6.45) is 4.63. The summed E-state index contributed by atoms with van der Waals surface area (Å²) >= 11 is 0. The minimum absolute atomic E-state index is 0.132. The highest BCUT2D eigenvalue weighted by molar-refractivity contribution is 6.00. The lowest BCUT2D eigenvalue weighted by Gasteiger charge is -2.28. The standard InChI is InChI=1S/C17H22O3/c1-10-6-15(19-3)7-11(2)16(10)17(18)12-8-13-4-5-14(9-12)20-13/h6-7,12-14H,4-5,8-9H2,1-3H3. The molecule has 0 aliphatic carbocycles. The second-order valence-corrected chi connectivity index (χ2v) is 6.13. The van der Waals surface area contributed by atoms with Crippen LogP contribution in [0.2, 0.25) is 0 Å². The van der Waals surface area contributed by atoms with Crippen molar-refractivity contribution in [1.82, 2.24) is 0 Å². The smallest absolute Gasteiger partial charge is 0.166 e. The van der Waals surface area contributed by atoms with Crippen LogP contribution in [0.5, 0.6) is 5.75 Å². The fourth-order valence-corrected chi connectivity index (χ4v) is 3.71. The summed E-state index contributed by atoms with van der Waals surface area (Å²) in [4.78, 5) is 12.9. The third-order valence-electron chi connectivity index (χ3n) is 4.65. The number of ether oxygens (including phenoxy) is 2. The Kier molecular flexibility index (Phi) is 3.55. The molecular formula is C17H22O3. The number of Topliss-reactive ketones (excluding diaryl/α,β-unsaturated/α-hetero) is 1. The van der Waals surface area contributed by atoms with Crippen LogP contribution in [0, 0.1) is 19.8 Å². The van der Waals surface area contributed by atoms with Crippen LogP contribution >= 0.6 is 0 Å². The van der Waals surface area contributed by atoms with Crippen LogP contribution in [0.4, 0.5) is 0 Å². The Hall–Kier alpha value is -1.35. The Labute approximate surface area is 120 Å². The number of hydrogen-bond acceptors (Lipinski definition) is 3. The minimum Gasteiger partial charge on any atom is -0.497 e. The van der Waals surface area contributed by atoms with Crippen LogP contribution in [0.1, 0.15) is 47.2 Å². The van der Waals surface area contributed by atoms with Crippen LogP contribution in [0.3, 0.4) is 0 Å². The molecule has 1 aromatic rings. The fraction of sp³-hybridized carbons (Fsp3) is 0.588. The van der Waals surface area contributed by atoms with E-state index < -0.39 is 0 Å². The van der Waals surface area contributed by atoms with E-state index in [1.807, 2.05) is 26.0 Å². The second-order valence-electron chi connectivity index (χ2n) is 6.13. The SMILES string of the molecule is COc1cc(C)c(C(=O)C2CC3CCC(C2)O3)c(C)c1. The molecule has 108 valence electrons. The topological polar surface area (TPSA) is 35.5 Å². The zero-order chi connectivity index (χ0) is 14.3. The van der Waals surface area contributed by atoms with Gasteiger partial charge in [-0.25, -0.2) is 0 Å². The van der Waals surface area contributed by atoms with Crippen molar-refractivity contribution in [3.63, 3.8) is 0 Å². The number of methoxy groups -OCH3 is 1. The fourth-order valence-electron chi connectivity index (χ4n) is 3.71. The highest BCUT2D eigenvalue weighted by Gasteiger charge is 2.38. The zero-order valence-corrected chi connectivity index (χ0v) is 12.4. The molecular weight excluding hydrogens is 252 g/mol. The van der Waals surface area contributed by atoms with Crippen molar-refractivity contribution >= 4 is 5.78 Å². The van der Waals surface area contributed by atoms with E-state index in [1.165, 1.54) is 0 Å². The van der Waals surface area contributed by atoms with Gasteiger partial charge in [0.1, 0.15) is 5.75 Å². The number of rotatable bonds is 3. The number of carbonyl (C=O) groups is 1. The highest BCUT2D eigenvalue weighted by atomic mass is 16.5. The molecule has 20 heavy (non-hydrogen) atoms. The van der Waals surface area contributed by atoms with E-state index in [9.17, 15) is 4.79 Å². The Balaban J connectivity index is 1.87. The van der Waals surface area contributed by atoms with Gasteiger partial charge in [-0.1, -0.05) is 0 Å². The Morgan fingerprint density at radius 2 is 1.70 bits per heavy atom. The maximum atomic E-state index is 12.9. The van der Waals surface area contributed by atoms with Gasteiger partial charge in [-0.05, 0) is 62.8 Å². The van der Waals surface area contributed by atoms with Crippen LogP contribution in [-0.4, -0.2) is 25.1 Å². The van der Waals surface area contributed by atoms with Crippen LogP contribution in [-0.2, 0) is 4.74 Å². The summed E-state index contributed by atoms with van der Waals surface area (Å²) in [6, 6.07) is 3.91. The lowest BCUT2D eigenvalue weighted by molar-refractivity contribution is -0.0149. The molecule has 0 amide bonds. The quantitative estimate of drug-likeness (QED) is 0.792. The summed E-state index contributed by atoms with van der Waals surface area (Å²) in [5, 5.41) is 0. The van der Waals surface area contributed by atoms with Crippen molar-refractivity contribution in [2.45, 2.75) is 51.7 Å². The summed E-state index contributed by atoms with van der Waals surface area (Å²) < 4.78 is 11.1. The number of ketones is 1. The maximum Gasteiger partial charge on any atom is 0.166 e. The summed E-state index contributed by atoms with van der Waals surface area (Å²) in [5.41, 5.74) is 2.92. The van der Waals surface area contributed by atoms with Crippen LogP contribution in [0.25, 0.3) is 0 Å². The van der Waals surface area contributed by atoms with Gasteiger partial charge in [0, 0.05) is 11.5 Å². The third kappa shape index (κ3) is 2.35. The molecule has 0 saturated carbocycles. The van der Waals surface area contributed by atoms with Crippen molar-refractivity contribution < 1.29 is 14.3 Å². The molecule has 2 fully saturated rings. The molecule has 2 bridgehead atoms. The first-order chi connectivity index (χ1) is 9.58. The molecule has 2 aliphatic rings. The van der Waals surface area contributed by atoms with E-state index >= 15 is 0 Å². The normalized spacial score (nSPS) is 28.4. The van der Waals surface area contributed by atoms with E-state index in [-0.39, 0.29) is 5.92 Å². The predicted octanol–water partition coefficient (Wildman–Crippen LogP) is 3.45. The lowest BCUT2D eigenvalue weighted by Crippen LogP contribution is -2.30. The molecule has 2 aliphatic heterocycles. The molecule has 0 spiro atoms. The number of carbonyl (C=O) groups excluding carboxylic acids is 1.